The summed E-state index contributed by atoms with van der Waals surface area (Å²) in [7, 11) is 2.03. The zero-order chi connectivity index (χ0) is 13.2. The Kier molecular flexibility index (Phi) is 3.09. The van der Waals surface area contributed by atoms with Crippen molar-refractivity contribution in [1.29, 1.82) is 0 Å². The molecule has 3 aromatic rings. The van der Waals surface area contributed by atoms with Gasteiger partial charge in [-0.05, 0) is 11.6 Å². The minimum atomic E-state index is 0.579. The first-order valence-corrected chi connectivity index (χ1v) is 6.52. The SMILES string of the molecule is Cn1ccnc1CCn1cc(CN)c2ccccc21. The van der Waals surface area contributed by atoms with Gasteiger partial charge in [0.25, 0.3) is 0 Å². The van der Waals surface area contributed by atoms with Crippen LogP contribution in [0.3, 0.4) is 0 Å². The lowest BCUT2D eigenvalue weighted by molar-refractivity contribution is 0.666. The highest BCUT2D eigenvalue weighted by atomic mass is 15.0. The molecule has 0 aliphatic carbocycles. The third kappa shape index (κ3) is 2.15. The summed E-state index contributed by atoms with van der Waals surface area (Å²) in [5.41, 5.74) is 8.27. The molecule has 0 atom stereocenters. The molecule has 0 saturated heterocycles. The van der Waals surface area contributed by atoms with Gasteiger partial charge in [-0.1, -0.05) is 18.2 Å². The van der Waals surface area contributed by atoms with Crippen LogP contribution in [0, 0.1) is 0 Å². The summed E-state index contributed by atoms with van der Waals surface area (Å²) in [6, 6.07) is 8.41. The van der Waals surface area contributed by atoms with Crippen LogP contribution in [0.4, 0.5) is 0 Å². The van der Waals surface area contributed by atoms with Gasteiger partial charge in [0.1, 0.15) is 5.82 Å². The molecule has 4 heteroatoms. The summed E-state index contributed by atoms with van der Waals surface area (Å²) in [6.07, 6.45) is 6.91. The third-order valence-corrected chi connectivity index (χ3v) is 3.59. The standard InChI is InChI=1S/C15H18N4/c1-18-9-7-17-15(18)6-8-19-11-12(10-16)13-4-2-3-5-14(13)19/h2-5,7,9,11H,6,8,10,16H2,1H3. The van der Waals surface area contributed by atoms with Crippen molar-refractivity contribution in [3.63, 3.8) is 0 Å². The van der Waals surface area contributed by atoms with Crippen LogP contribution in [0.15, 0.2) is 42.9 Å². The molecule has 0 unspecified atom stereocenters. The van der Waals surface area contributed by atoms with E-state index >= 15 is 0 Å². The fourth-order valence-electron chi connectivity index (χ4n) is 2.53. The molecule has 1 aromatic carbocycles. The molecule has 0 spiro atoms. The lowest BCUT2D eigenvalue weighted by atomic mass is 10.2. The maximum Gasteiger partial charge on any atom is 0.110 e. The topological polar surface area (TPSA) is 48.8 Å². The van der Waals surface area contributed by atoms with Gasteiger partial charge in [-0.2, -0.15) is 0 Å². The zero-order valence-corrected chi connectivity index (χ0v) is 11.1. The first-order valence-electron chi connectivity index (χ1n) is 6.52. The molecule has 19 heavy (non-hydrogen) atoms. The number of rotatable bonds is 4. The van der Waals surface area contributed by atoms with Crippen LogP contribution in [0.5, 0.6) is 0 Å². The van der Waals surface area contributed by atoms with E-state index in [0.717, 1.165) is 18.8 Å². The van der Waals surface area contributed by atoms with Crippen molar-refractivity contribution >= 4 is 10.9 Å². The third-order valence-electron chi connectivity index (χ3n) is 3.59. The number of aromatic nitrogens is 3. The number of nitrogens with two attached hydrogens (primary N) is 1. The number of hydrogen-bond acceptors (Lipinski definition) is 2. The molecule has 0 bridgehead atoms. The summed E-state index contributed by atoms with van der Waals surface area (Å²) in [4.78, 5) is 4.36. The predicted octanol–water partition coefficient (Wildman–Crippen LogP) is 2.08. The predicted molar refractivity (Wildman–Crippen MR) is 76.7 cm³/mol. The molecule has 2 N–H and O–H groups in total. The van der Waals surface area contributed by atoms with Crippen molar-refractivity contribution in [2.45, 2.75) is 19.5 Å². The Labute approximate surface area is 112 Å². The number of imidazole rings is 1. The number of nitrogens with zero attached hydrogens (tertiary/aromatic N) is 3. The monoisotopic (exact) mass is 254 g/mol. The number of fused-ring (bicyclic) bond motifs is 1. The molecule has 0 aliphatic heterocycles. The Morgan fingerprint density at radius 3 is 2.84 bits per heavy atom. The Morgan fingerprint density at radius 2 is 2.11 bits per heavy atom. The van der Waals surface area contributed by atoms with Crippen molar-refractivity contribution < 1.29 is 0 Å². The second-order valence-electron chi connectivity index (χ2n) is 4.77. The van der Waals surface area contributed by atoms with Crippen molar-refractivity contribution in [3.8, 4) is 0 Å². The second kappa shape index (κ2) is 4.90. The van der Waals surface area contributed by atoms with Crippen LogP contribution in [0.25, 0.3) is 10.9 Å². The fraction of sp³-hybridized carbons (Fsp3) is 0.267. The Bertz CT molecular complexity index is 693. The molecule has 0 saturated carbocycles. The molecule has 0 amide bonds. The van der Waals surface area contributed by atoms with Crippen molar-refractivity contribution in [3.05, 3.63) is 54.2 Å². The maximum atomic E-state index is 5.81. The van der Waals surface area contributed by atoms with E-state index in [2.05, 4.69) is 44.6 Å². The second-order valence-corrected chi connectivity index (χ2v) is 4.77. The van der Waals surface area contributed by atoms with Crippen LogP contribution in [-0.2, 0) is 26.6 Å². The van der Waals surface area contributed by atoms with Gasteiger partial charge in [0, 0.05) is 56.1 Å². The van der Waals surface area contributed by atoms with Gasteiger partial charge in [-0.15, -0.1) is 0 Å². The van der Waals surface area contributed by atoms with Crippen LogP contribution < -0.4 is 5.73 Å². The van der Waals surface area contributed by atoms with Gasteiger partial charge in [0.15, 0.2) is 0 Å². The summed E-state index contributed by atoms with van der Waals surface area (Å²) >= 11 is 0. The summed E-state index contributed by atoms with van der Waals surface area (Å²) in [5.74, 6) is 1.10. The average molecular weight is 254 g/mol. The molecule has 3 rings (SSSR count). The van der Waals surface area contributed by atoms with Gasteiger partial charge < -0.3 is 14.9 Å². The Balaban J connectivity index is 1.91. The van der Waals surface area contributed by atoms with Crippen LogP contribution in [0.1, 0.15) is 11.4 Å². The molecule has 2 heterocycles. The van der Waals surface area contributed by atoms with E-state index in [1.54, 1.807) is 0 Å². The molecule has 2 aromatic heterocycles. The van der Waals surface area contributed by atoms with Crippen molar-refractivity contribution in [1.82, 2.24) is 14.1 Å². The first-order chi connectivity index (χ1) is 9.29. The van der Waals surface area contributed by atoms with Gasteiger partial charge >= 0.3 is 0 Å². The number of aryl methyl sites for hydroxylation is 3. The lowest BCUT2D eigenvalue weighted by Gasteiger charge is -2.05. The molecular weight excluding hydrogens is 236 g/mol. The maximum absolute atomic E-state index is 5.81. The fourth-order valence-corrected chi connectivity index (χ4v) is 2.53. The van der Waals surface area contributed by atoms with E-state index in [-0.39, 0.29) is 0 Å². The Hall–Kier alpha value is -2.07. The van der Waals surface area contributed by atoms with Gasteiger partial charge in [0.05, 0.1) is 0 Å². The molecule has 0 radical (unpaired) electrons. The van der Waals surface area contributed by atoms with Gasteiger partial charge in [0.2, 0.25) is 0 Å². The lowest BCUT2D eigenvalue weighted by Crippen LogP contribution is -2.04. The van der Waals surface area contributed by atoms with Crippen molar-refractivity contribution in [2.24, 2.45) is 12.8 Å². The zero-order valence-electron chi connectivity index (χ0n) is 11.1. The van der Waals surface area contributed by atoms with Crippen LogP contribution in [-0.4, -0.2) is 14.1 Å². The van der Waals surface area contributed by atoms with E-state index in [9.17, 15) is 0 Å². The molecule has 0 aliphatic rings. The number of para-hydroxylation sites is 1. The minimum Gasteiger partial charge on any atom is -0.347 e. The number of benzene rings is 1. The van der Waals surface area contributed by atoms with Gasteiger partial charge in [-0.25, -0.2) is 4.98 Å². The smallest absolute Gasteiger partial charge is 0.110 e. The Morgan fingerprint density at radius 1 is 1.26 bits per heavy atom. The van der Waals surface area contributed by atoms with E-state index in [4.69, 9.17) is 5.73 Å². The number of hydrogen-bond donors (Lipinski definition) is 1. The summed E-state index contributed by atoms with van der Waals surface area (Å²) in [6.45, 7) is 1.50. The van der Waals surface area contributed by atoms with E-state index in [1.165, 1.54) is 16.5 Å². The largest absolute Gasteiger partial charge is 0.347 e. The van der Waals surface area contributed by atoms with E-state index in [0.29, 0.717) is 6.54 Å². The molecule has 4 nitrogen and oxygen atoms in total. The average Bonchev–Trinajstić information content (AvgIpc) is 3.00. The molecular formula is C15H18N4. The van der Waals surface area contributed by atoms with Crippen LogP contribution in [0.2, 0.25) is 0 Å². The highest BCUT2D eigenvalue weighted by molar-refractivity contribution is 5.83. The van der Waals surface area contributed by atoms with E-state index < -0.39 is 0 Å². The molecule has 0 fully saturated rings. The first kappa shape index (κ1) is 12.0. The van der Waals surface area contributed by atoms with Gasteiger partial charge in [-0.3, -0.25) is 0 Å². The summed E-state index contributed by atoms with van der Waals surface area (Å²) in [5, 5.41) is 1.25. The van der Waals surface area contributed by atoms with Crippen LogP contribution >= 0.6 is 0 Å². The van der Waals surface area contributed by atoms with Crippen molar-refractivity contribution in [2.75, 3.05) is 0 Å². The highest BCUT2D eigenvalue weighted by Crippen LogP contribution is 2.21. The quantitative estimate of drug-likeness (QED) is 0.775. The van der Waals surface area contributed by atoms with E-state index in [1.807, 2.05) is 19.4 Å². The summed E-state index contributed by atoms with van der Waals surface area (Å²) < 4.78 is 4.34. The normalized spacial score (nSPS) is 11.3. The minimum absolute atomic E-state index is 0.579. The molecule has 98 valence electrons. The highest BCUT2D eigenvalue weighted by Gasteiger charge is 2.07.